The molecule has 96 valence electrons. The predicted molar refractivity (Wildman–Crippen MR) is 72.2 cm³/mol. The standard InChI is InChI=1S/C11H20N4OS/c1-4-15-7-9(12)10(14-15)11(16)13-8(2)5-6-17-3/h7-8H,4-6,12H2,1-3H3,(H,13,16). The zero-order valence-corrected chi connectivity index (χ0v) is 11.4. The van der Waals surface area contributed by atoms with Gasteiger partial charge >= 0.3 is 0 Å². The van der Waals surface area contributed by atoms with Crippen LogP contribution in [0, 0.1) is 0 Å². The molecule has 0 aliphatic heterocycles. The van der Waals surface area contributed by atoms with Crippen LogP contribution in [0.25, 0.3) is 0 Å². The molecule has 1 rings (SSSR count). The summed E-state index contributed by atoms with van der Waals surface area (Å²) in [7, 11) is 0. The van der Waals surface area contributed by atoms with Crippen molar-refractivity contribution in [3.05, 3.63) is 11.9 Å². The molecule has 0 aliphatic carbocycles. The third kappa shape index (κ3) is 3.96. The van der Waals surface area contributed by atoms with Gasteiger partial charge in [-0.15, -0.1) is 0 Å². The number of hydrogen-bond donors (Lipinski definition) is 2. The molecule has 0 bridgehead atoms. The summed E-state index contributed by atoms with van der Waals surface area (Å²) < 4.78 is 1.66. The normalized spacial score (nSPS) is 12.4. The van der Waals surface area contributed by atoms with Gasteiger partial charge in [-0.05, 0) is 32.3 Å². The van der Waals surface area contributed by atoms with Crippen molar-refractivity contribution in [1.29, 1.82) is 0 Å². The highest BCUT2D eigenvalue weighted by Crippen LogP contribution is 2.09. The fraction of sp³-hybridized carbons (Fsp3) is 0.636. The van der Waals surface area contributed by atoms with E-state index in [-0.39, 0.29) is 11.9 Å². The van der Waals surface area contributed by atoms with Gasteiger partial charge in [-0.1, -0.05) is 0 Å². The molecule has 1 unspecified atom stereocenters. The summed E-state index contributed by atoms with van der Waals surface area (Å²) in [5.41, 5.74) is 6.50. The lowest BCUT2D eigenvalue weighted by atomic mass is 10.2. The molecule has 0 fully saturated rings. The number of nitrogens with two attached hydrogens (primary N) is 1. The summed E-state index contributed by atoms with van der Waals surface area (Å²) >= 11 is 1.77. The maximum absolute atomic E-state index is 11.9. The first-order valence-electron chi connectivity index (χ1n) is 5.71. The smallest absolute Gasteiger partial charge is 0.274 e. The van der Waals surface area contributed by atoms with Gasteiger partial charge in [0.05, 0.1) is 5.69 Å². The molecule has 3 N–H and O–H groups in total. The Morgan fingerprint density at radius 2 is 2.41 bits per heavy atom. The number of hydrogen-bond acceptors (Lipinski definition) is 4. The number of nitrogen functional groups attached to an aromatic ring is 1. The van der Waals surface area contributed by atoms with Crippen LogP contribution in [0.3, 0.4) is 0 Å². The molecule has 17 heavy (non-hydrogen) atoms. The van der Waals surface area contributed by atoms with Crippen molar-refractivity contribution < 1.29 is 4.79 Å². The van der Waals surface area contributed by atoms with Gasteiger partial charge in [0, 0.05) is 18.8 Å². The number of aryl methyl sites for hydroxylation is 1. The van der Waals surface area contributed by atoms with Crippen molar-refractivity contribution in [2.24, 2.45) is 0 Å². The number of amides is 1. The second-order valence-corrected chi connectivity index (χ2v) is 4.93. The van der Waals surface area contributed by atoms with Gasteiger partial charge in [0.15, 0.2) is 5.69 Å². The Bertz CT molecular complexity index is 378. The highest BCUT2D eigenvalue weighted by atomic mass is 32.2. The van der Waals surface area contributed by atoms with E-state index in [2.05, 4.69) is 16.7 Å². The predicted octanol–water partition coefficient (Wildman–Crippen LogP) is 1.36. The highest BCUT2D eigenvalue weighted by Gasteiger charge is 2.16. The Morgan fingerprint density at radius 3 is 2.94 bits per heavy atom. The zero-order chi connectivity index (χ0) is 12.8. The van der Waals surface area contributed by atoms with Gasteiger partial charge in [0.25, 0.3) is 5.91 Å². The van der Waals surface area contributed by atoms with Crippen molar-refractivity contribution in [1.82, 2.24) is 15.1 Å². The first-order chi connectivity index (χ1) is 8.08. The van der Waals surface area contributed by atoms with Crippen LogP contribution in [-0.4, -0.2) is 33.7 Å². The van der Waals surface area contributed by atoms with E-state index in [1.807, 2.05) is 13.8 Å². The fourth-order valence-corrected chi connectivity index (χ4v) is 2.02. The number of anilines is 1. The molecule has 0 saturated carbocycles. The van der Waals surface area contributed by atoms with E-state index in [0.717, 1.165) is 12.2 Å². The van der Waals surface area contributed by atoms with E-state index in [9.17, 15) is 4.79 Å². The Labute approximate surface area is 106 Å². The van der Waals surface area contributed by atoms with Crippen LogP contribution in [0.15, 0.2) is 6.20 Å². The number of rotatable bonds is 6. The quantitative estimate of drug-likeness (QED) is 0.806. The van der Waals surface area contributed by atoms with Crippen LogP contribution < -0.4 is 11.1 Å². The Hall–Kier alpha value is -1.17. The average Bonchev–Trinajstić information content (AvgIpc) is 2.68. The fourth-order valence-electron chi connectivity index (χ4n) is 1.43. The third-order valence-corrected chi connectivity index (χ3v) is 3.11. The average molecular weight is 256 g/mol. The lowest BCUT2D eigenvalue weighted by molar-refractivity contribution is 0.0934. The second-order valence-electron chi connectivity index (χ2n) is 3.94. The first kappa shape index (κ1) is 13.9. The maximum Gasteiger partial charge on any atom is 0.274 e. The molecule has 1 amide bonds. The number of thioether (sulfide) groups is 1. The molecule has 0 saturated heterocycles. The van der Waals surface area contributed by atoms with E-state index in [4.69, 9.17) is 5.73 Å². The van der Waals surface area contributed by atoms with Crippen molar-refractivity contribution in [2.75, 3.05) is 17.7 Å². The molecule has 0 aliphatic rings. The summed E-state index contributed by atoms with van der Waals surface area (Å²) in [4.78, 5) is 11.9. The zero-order valence-electron chi connectivity index (χ0n) is 10.6. The van der Waals surface area contributed by atoms with Crippen molar-refractivity contribution in [2.45, 2.75) is 32.9 Å². The van der Waals surface area contributed by atoms with Gasteiger partial charge in [-0.2, -0.15) is 16.9 Å². The van der Waals surface area contributed by atoms with Crippen LogP contribution >= 0.6 is 11.8 Å². The van der Waals surface area contributed by atoms with E-state index in [0.29, 0.717) is 17.9 Å². The van der Waals surface area contributed by atoms with Gasteiger partial charge in [0.1, 0.15) is 0 Å². The SMILES string of the molecule is CCn1cc(N)c(C(=O)NC(C)CCSC)n1. The third-order valence-electron chi connectivity index (χ3n) is 2.46. The summed E-state index contributed by atoms with van der Waals surface area (Å²) in [6.07, 6.45) is 4.68. The summed E-state index contributed by atoms with van der Waals surface area (Å²) in [5.74, 6) is 0.837. The van der Waals surface area contributed by atoms with Gasteiger partial charge < -0.3 is 11.1 Å². The van der Waals surface area contributed by atoms with E-state index in [1.54, 1.807) is 22.6 Å². The number of carbonyl (C=O) groups is 1. The van der Waals surface area contributed by atoms with Gasteiger partial charge in [-0.25, -0.2) is 0 Å². The molecular formula is C11H20N4OS. The molecule has 1 heterocycles. The minimum Gasteiger partial charge on any atom is -0.396 e. The van der Waals surface area contributed by atoms with Crippen molar-refractivity contribution >= 4 is 23.4 Å². The minimum atomic E-state index is -0.191. The number of nitrogens with one attached hydrogen (secondary N) is 1. The Kier molecular flexibility index (Phi) is 5.34. The summed E-state index contributed by atoms with van der Waals surface area (Å²) in [6, 6.07) is 0.140. The van der Waals surface area contributed by atoms with Gasteiger partial charge in [-0.3, -0.25) is 9.48 Å². The monoisotopic (exact) mass is 256 g/mol. The second kappa shape index (κ2) is 6.54. The molecule has 5 nitrogen and oxygen atoms in total. The molecular weight excluding hydrogens is 236 g/mol. The number of nitrogens with zero attached hydrogens (tertiary/aromatic N) is 2. The van der Waals surface area contributed by atoms with Crippen LogP contribution in [0.5, 0.6) is 0 Å². The number of aromatic nitrogens is 2. The minimum absolute atomic E-state index is 0.140. The lowest BCUT2D eigenvalue weighted by Gasteiger charge is -2.12. The van der Waals surface area contributed by atoms with Crippen molar-refractivity contribution in [3.8, 4) is 0 Å². The van der Waals surface area contributed by atoms with Crippen molar-refractivity contribution in [3.63, 3.8) is 0 Å². The molecule has 0 spiro atoms. The van der Waals surface area contributed by atoms with Crippen LogP contribution in [0.1, 0.15) is 30.8 Å². The summed E-state index contributed by atoms with van der Waals surface area (Å²) in [6.45, 7) is 4.65. The molecule has 0 aromatic carbocycles. The van der Waals surface area contributed by atoms with Crippen LogP contribution in [-0.2, 0) is 6.54 Å². The molecule has 1 aromatic rings. The summed E-state index contributed by atoms with van der Waals surface area (Å²) in [5, 5.41) is 7.04. The maximum atomic E-state index is 11.9. The Balaban J connectivity index is 2.59. The number of carbonyl (C=O) groups excluding carboxylic acids is 1. The van der Waals surface area contributed by atoms with Crippen LogP contribution in [0.4, 0.5) is 5.69 Å². The Morgan fingerprint density at radius 1 is 1.71 bits per heavy atom. The lowest BCUT2D eigenvalue weighted by Crippen LogP contribution is -2.33. The van der Waals surface area contributed by atoms with Crippen LogP contribution in [0.2, 0.25) is 0 Å². The molecule has 6 heteroatoms. The highest BCUT2D eigenvalue weighted by molar-refractivity contribution is 7.98. The molecule has 1 atom stereocenters. The largest absolute Gasteiger partial charge is 0.396 e. The molecule has 0 radical (unpaired) electrons. The first-order valence-corrected chi connectivity index (χ1v) is 7.10. The van der Waals surface area contributed by atoms with E-state index < -0.39 is 0 Å². The topological polar surface area (TPSA) is 72.9 Å². The van der Waals surface area contributed by atoms with Gasteiger partial charge in [0.2, 0.25) is 0 Å². The van der Waals surface area contributed by atoms with E-state index >= 15 is 0 Å². The molecule has 1 aromatic heterocycles. The van der Waals surface area contributed by atoms with E-state index in [1.165, 1.54) is 0 Å².